The second-order valence-electron chi connectivity index (χ2n) is 7.39. The number of hydrogen-bond acceptors (Lipinski definition) is 4. The molecule has 1 fully saturated rings. The summed E-state index contributed by atoms with van der Waals surface area (Å²) in [4.78, 5) is 18.4. The van der Waals surface area contributed by atoms with Crippen molar-refractivity contribution in [2.24, 2.45) is 4.99 Å². The number of hydrogen-bond donors (Lipinski definition) is 0. The summed E-state index contributed by atoms with van der Waals surface area (Å²) in [6.07, 6.45) is -2.14. The molecular formula is C23H21F3N2O3. The van der Waals surface area contributed by atoms with Crippen LogP contribution in [0, 0.1) is 0 Å². The maximum absolute atomic E-state index is 13.2. The number of likely N-dealkylation sites (tertiary alicyclic amines) is 1. The highest BCUT2D eigenvalue weighted by Crippen LogP contribution is 2.40. The molecule has 0 aromatic heterocycles. The molecule has 162 valence electrons. The van der Waals surface area contributed by atoms with Crippen molar-refractivity contribution < 1.29 is 27.4 Å². The van der Waals surface area contributed by atoms with E-state index in [9.17, 15) is 18.0 Å². The minimum Gasteiger partial charge on any atom is -0.493 e. The van der Waals surface area contributed by atoms with Gasteiger partial charge in [0.15, 0.2) is 11.5 Å². The zero-order chi connectivity index (χ0) is 22.2. The first kappa shape index (κ1) is 21.0. The lowest BCUT2D eigenvalue weighted by Gasteiger charge is -2.31. The Morgan fingerprint density at radius 3 is 2.68 bits per heavy atom. The number of piperidine rings is 1. The van der Waals surface area contributed by atoms with Crippen molar-refractivity contribution in [1.82, 2.24) is 4.90 Å². The van der Waals surface area contributed by atoms with Gasteiger partial charge in [0.05, 0.1) is 19.2 Å². The molecule has 2 heterocycles. The Morgan fingerprint density at radius 2 is 1.94 bits per heavy atom. The number of nitrogens with zero attached hydrogens (tertiary/aromatic N) is 2. The van der Waals surface area contributed by atoms with E-state index in [1.807, 2.05) is 12.1 Å². The summed E-state index contributed by atoms with van der Waals surface area (Å²) in [6.45, 7) is 0.287. The van der Waals surface area contributed by atoms with Gasteiger partial charge in [0.1, 0.15) is 12.4 Å². The standard InChI is InChI=1S/C23H21F3N2O3/c1-28-21(29)12-17(16-9-10-27-22(16)28)14-7-8-19(20(11-14)30-2)31-13-15-5-3-4-6-18(15)23(24,25)26/h3-9,11,17H,10,12-13H2,1-2H3. The molecule has 0 N–H and O–H groups in total. The summed E-state index contributed by atoms with van der Waals surface area (Å²) in [6, 6.07) is 10.6. The van der Waals surface area contributed by atoms with Gasteiger partial charge in [-0.2, -0.15) is 13.2 Å². The topological polar surface area (TPSA) is 51.1 Å². The number of benzene rings is 2. The van der Waals surface area contributed by atoms with Crippen molar-refractivity contribution in [3.63, 3.8) is 0 Å². The molecule has 0 radical (unpaired) electrons. The first-order valence-corrected chi connectivity index (χ1v) is 9.77. The molecular weight excluding hydrogens is 409 g/mol. The smallest absolute Gasteiger partial charge is 0.416 e. The van der Waals surface area contributed by atoms with Crippen LogP contribution < -0.4 is 9.47 Å². The van der Waals surface area contributed by atoms with Crippen LogP contribution in [0.5, 0.6) is 11.5 Å². The number of amides is 1. The molecule has 1 atom stereocenters. The number of amidine groups is 1. The summed E-state index contributed by atoms with van der Waals surface area (Å²) < 4.78 is 50.8. The highest BCUT2D eigenvalue weighted by atomic mass is 19.4. The van der Waals surface area contributed by atoms with E-state index in [-0.39, 0.29) is 24.0 Å². The van der Waals surface area contributed by atoms with Crippen LogP contribution >= 0.6 is 0 Å². The van der Waals surface area contributed by atoms with Gasteiger partial charge in [-0.15, -0.1) is 0 Å². The number of likely N-dealkylation sites (N-methyl/N-ethyl adjacent to an activating group) is 1. The summed E-state index contributed by atoms with van der Waals surface area (Å²) in [7, 11) is 3.18. The van der Waals surface area contributed by atoms with E-state index < -0.39 is 11.7 Å². The van der Waals surface area contributed by atoms with Crippen LogP contribution in [-0.2, 0) is 17.6 Å². The molecule has 0 spiro atoms. The Labute approximate surface area is 177 Å². The molecule has 0 saturated carbocycles. The van der Waals surface area contributed by atoms with Crippen molar-refractivity contribution in [2.75, 3.05) is 20.7 Å². The fourth-order valence-electron chi connectivity index (χ4n) is 3.95. The van der Waals surface area contributed by atoms with Crippen LogP contribution in [0.3, 0.4) is 0 Å². The average molecular weight is 430 g/mol. The fraction of sp³-hybridized carbons (Fsp3) is 0.304. The van der Waals surface area contributed by atoms with Crippen molar-refractivity contribution in [3.8, 4) is 11.5 Å². The summed E-state index contributed by atoms with van der Waals surface area (Å²) in [5.74, 6) is 1.23. The maximum atomic E-state index is 13.2. The molecule has 2 aliphatic heterocycles. The van der Waals surface area contributed by atoms with Gasteiger partial charge in [-0.25, -0.2) is 0 Å². The van der Waals surface area contributed by atoms with Crippen LogP contribution in [0.25, 0.3) is 0 Å². The van der Waals surface area contributed by atoms with E-state index in [0.717, 1.165) is 17.2 Å². The Kier molecular flexibility index (Phi) is 5.47. The van der Waals surface area contributed by atoms with Gasteiger partial charge in [-0.05, 0) is 23.8 Å². The lowest BCUT2D eigenvalue weighted by atomic mass is 9.84. The highest BCUT2D eigenvalue weighted by Gasteiger charge is 2.36. The third kappa shape index (κ3) is 4.02. The lowest BCUT2D eigenvalue weighted by Crippen LogP contribution is -2.40. The second kappa shape index (κ2) is 8.09. The quantitative estimate of drug-likeness (QED) is 0.698. The van der Waals surface area contributed by atoms with Crippen molar-refractivity contribution >= 4 is 11.7 Å². The fourth-order valence-corrected chi connectivity index (χ4v) is 3.95. The van der Waals surface area contributed by atoms with Crippen LogP contribution in [-0.4, -0.2) is 37.3 Å². The van der Waals surface area contributed by atoms with E-state index in [4.69, 9.17) is 9.47 Å². The third-order valence-electron chi connectivity index (χ3n) is 5.55. The third-order valence-corrected chi connectivity index (χ3v) is 5.55. The van der Waals surface area contributed by atoms with Crippen LogP contribution in [0.4, 0.5) is 13.2 Å². The monoisotopic (exact) mass is 430 g/mol. The average Bonchev–Trinajstić information content (AvgIpc) is 3.24. The highest BCUT2D eigenvalue weighted by molar-refractivity contribution is 6.12. The Bertz CT molecular complexity index is 1080. The second-order valence-corrected chi connectivity index (χ2v) is 7.39. The number of ether oxygens (including phenoxy) is 2. The first-order valence-electron chi connectivity index (χ1n) is 9.77. The first-order chi connectivity index (χ1) is 14.8. The molecule has 5 nitrogen and oxygen atoms in total. The van der Waals surface area contributed by atoms with Gasteiger partial charge < -0.3 is 9.47 Å². The molecule has 2 aromatic rings. The van der Waals surface area contributed by atoms with E-state index in [0.29, 0.717) is 30.3 Å². The van der Waals surface area contributed by atoms with Crippen molar-refractivity contribution in [1.29, 1.82) is 0 Å². The number of methoxy groups -OCH3 is 1. The molecule has 0 bridgehead atoms. The van der Waals surface area contributed by atoms with Crippen LogP contribution in [0.1, 0.15) is 29.0 Å². The largest absolute Gasteiger partial charge is 0.493 e. The van der Waals surface area contributed by atoms with Gasteiger partial charge in [-0.3, -0.25) is 14.7 Å². The molecule has 8 heteroatoms. The van der Waals surface area contributed by atoms with Crippen molar-refractivity contribution in [2.45, 2.75) is 25.1 Å². The molecule has 1 saturated heterocycles. The minimum atomic E-state index is -4.46. The van der Waals surface area contributed by atoms with Gasteiger partial charge >= 0.3 is 6.18 Å². The zero-order valence-electron chi connectivity index (χ0n) is 17.1. The Balaban J connectivity index is 1.58. The van der Waals surface area contributed by atoms with E-state index in [1.54, 1.807) is 30.1 Å². The normalized spacial score (nSPS) is 18.4. The SMILES string of the molecule is COc1cc(C2CC(=O)N(C)C3=NCC=C32)ccc1OCc1ccccc1C(F)(F)F. The Hall–Kier alpha value is -3.29. The van der Waals surface area contributed by atoms with E-state index in [2.05, 4.69) is 4.99 Å². The molecule has 2 aromatic carbocycles. The molecule has 1 amide bonds. The van der Waals surface area contributed by atoms with Gasteiger partial charge in [0.25, 0.3) is 0 Å². The molecule has 1 unspecified atom stereocenters. The van der Waals surface area contributed by atoms with E-state index >= 15 is 0 Å². The summed E-state index contributed by atoms with van der Waals surface area (Å²) >= 11 is 0. The van der Waals surface area contributed by atoms with Crippen LogP contribution in [0.2, 0.25) is 0 Å². The number of alkyl halides is 3. The van der Waals surface area contributed by atoms with Gasteiger partial charge in [0.2, 0.25) is 5.91 Å². The van der Waals surface area contributed by atoms with Crippen molar-refractivity contribution in [3.05, 3.63) is 70.8 Å². The molecule has 31 heavy (non-hydrogen) atoms. The molecule has 2 aliphatic rings. The van der Waals surface area contributed by atoms with Gasteiger partial charge in [-0.1, -0.05) is 30.3 Å². The number of rotatable bonds is 5. The number of aliphatic imine (C=N–C) groups is 1. The number of halogens is 3. The molecule has 0 aliphatic carbocycles. The number of carbonyl (C=O) groups excluding carboxylic acids is 1. The maximum Gasteiger partial charge on any atom is 0.416 e. The predicted octanol–water partition coefficient (Wildman–Crippen LogP) is 4.58. The number of fused-ring (bicyclic) bond motifs is 1. The number of carbonyl (C=O) groups is 1. The molecule has 4 rings (SSSR count). The minimum absolute atomic E-state index is 0.0224. The summed E-state index contributed by atoms with van der Waals surface area (Å²) in [5.41, 5.74) is 1.17. The van der Waals surface area contributed by atoms with Crippen LogP contribution in [0.15, 0.2) is 59.1 Å². The zero-order valence-corrected chi connectivity index (χ0v) is 17.1. The lowest BCUT2D eigenvalue weighted by molar-refractivity contribution is -0.138. The van der Waals surface area contributed by atoms with Gasteiger partial charge in [0, 0.05) is 30.5 Å². The Morgan fingerprint density at radius 1 is 1.16 bits per heavy atom. The van der Waals surface area contributed by atoms with E-state index in [1.165, 1.54) is 19.2 Å². The summed E-state index contributed by atoms with van der Waals surface area (Å²) in [5, 5.41) is 0. The predicted molar refractivity (Wildman–Crippen MR) is 109 cm³/mol.